The molecule has 2 rings (SSSR count). The summed E-state index contributed by atoms with van der Waals surface area (Å²) in [5, 5.41) is 0. The molecule has 1 aromatic heterocycles. The van der Waals surface area contributed by atoms with Gasteiger partial charge in [0.2, 0.25) is 0 Å². The van der Waals surface area contributed by atoms with Crippen molar-refractivity contribution in [1.82, 2.24) is 9.88 Å². The molecule has 1 heterocycles. The first-order chi connectivity index (χ1) is 9.61. The molecule has 0 atom stereocenters. The van der Waals surface area contributed by atoms with Gasteiger partial charge in [-0.2, -0.15) is 0 Å². The lowest BCUT2D eigenvalue weighted by Crippen LogP contribution is -2.27. The monoisotopic (exact) mass is 274 g/mol. The molecule has 0 aliphatic rings. The summed E-state index contributed by atoms with van der Waals surface area (Å²) in [4.78, 5) is 17.7. The number of aromatic nitrogens is 1. The van der Waals surface area contributed by atoms with Crippen molar-refractivity contribution in [2.75, 3.05) is 12.5 Å². The van der Waals surface area contributed by atoms with Gasteiger partial charge < -0.3 is 10.3 Å². The second kappa shape index (κ2) is 6.12. The van der Waals surface area contributed by atoms with E-state index >= 15 is 0 Å². The molecule has 1 aromatic carbocycles. The van der Waals surface area contributed by atoms with E-state index in [2.05, 4.69) is 10.4 Å². The van der Waals surface area contributed by atoms with Crippen molar-refractivity contribution in [1.29, 1.82) is 0 Å². The topological polar surface area (TPSA) is 71.2 Å². The SMILES string of the molecule is CN(Cc1ccccc1F)C(=O)c1cccc(NN)n1. The normalized spacial score (nSPS) is 10.2. The molecule has 3 N–H and O–H groups in total. The highest BCUT2D eigenvalue weighted by molar-refractivity contribution is 5.92. The molecule has 6 heteroatoms. The Balaban J connectivity index is 2.14. The average Bonchev–Trinajstić information content (AvgIpc) is 2.48. The number of benzene rings is 1. The van der Waals surface area contributed by atoms with Crippen molar-refractivity contribution < 1.29 is 9.18 Å². The Labute approximate surface area is 116 Å². The van der Waals surface area contributed by atoms with Crippen molar-refractivity contribution in [3.63, 3.8) is 0 Å². The third-order valence-corrected chi connectivity index (χ3v) is 2.83. The molecule has 0 radical (unpaired) electrons. The molecule has 0 unspecified atom stereocenters. The number of carbonyl (C=O) groups is 1. The van der Waals surface area contributed by atoms with Gasteiger partial charge in [-0.1, -0.05) is 24.3 Å². The lowest BCUT2D eigenvalue weighted by molar-refractivity contribution is 0.0778. The molecule has 0 spiro atoms. The Morgan fingerprint density at radius 3 is 2.75 bits per heavy atom. The van der Waals surface area contributed by atoms with Crippen LogP contribution >= 0.6 is 0 Å². The molecule has 0 aliphatic carbocycles. The van der Waals surface area contributed by atoms with Crippen molar-refractivity contribution in [3.8, 4) is 0 Å². The summed E-state index contributed by atoms with van der Waals surface area (Å²) in [6.45, 7) is 0.174. The molecule has 5 nitrogen and oxygen atoms in total. The van der Waals surface area contributed by atoms with E-state index in [0.29, 0.717) is 11.4 Å². The first-order valence-electron chi connectivity index (χ1n) is 6.04. The fraction of sp³-hybridized carbons (Fsp3) is 0.143. The second-order valence-corrected chi connectivity index (χ2v) is 4.31. The van der Waals surface area contributed by atoms with Gasteiger partial charge in [0.05, 0.1) is 0 Å². The average molecular weight is 274 g/mol. The number of hydrogen-bond acceptors (Lipinski definition) is 4. The number of halogens is 1. The predicted octanol–water partition coefficient (Wildman–Crippen LogP) is 1.78. The number of nitrogens with zero attached hydrogens (tertiary/aromatic N) is 2. The number of nitrogen functional groups attached to an aromatic ring is 1. The van der Waals surface area contributed by atoms with Gasteiger partial charge in [0.25, 0.3) is 5.91 Å². The lowest BCUT2D eigenvalue weighted by atomic mass is 10.2. The van der Waals surface area contributed by atoms with Gasteiger partial charge in [-0.05, 0) is 18.2 Å². The van der Waals surface area contributed by atoms with Crippen LogP contribution in [0.5, 0.6) is 0 Å². The summed E-state index contributed by atoms with van der Waals surface area (Å²) in [5.41, 5.74) is 3.08. The van der Waals surface area contributed by atoms with Crippen LogP contribution in [-0.2, 0) is 6.54 Å². The summed E-state index contributed by atoms with van der Waals surface area (Å²) >= 11 is 0. The van der Waals surface area contributed by atoms with Crippen LogP contribution in [0.15, 0.2) is 42.5 Å². The van der Waals surface area contributed by atoms with Crippen molar-refractivity contribution in [2.45, 2.75) is 6.54 Å². The molecular formula is C14H15FN4O. The first kappa shape index (κ1) is 14.0. The lowest BCUT2D eigenvalue weighted by Gasteiger charge is -2.17. The van der Waals surface area contributed by atoms with E-state index < -0.39 is 0 Å². The molecule has 0 saturated heterocycles. The molecule has 104 valence electrons. The highest BCUT2D eigenvalue weighted by Gasteiger charge is 2.15. The zero-order valence-electron chi connectivity index (χ0n) is 11.0. The van der Waals surface area contributed by atoms with Crippen LogP contribution in [0.2, 0.25) is 0 Å². The minimum Gasteiger partial charge on any atom is -0.336 e. The number of hydrazine groups is 1. The number of pyridine rings is 1. The van der Waals surface area contributed by atoms with E-state index in [9.17, 15) is 9.18 Å². The largest absolute Gasteiger partial charge is 0.336 e. The quantitative estimate of drug-likeness (QED) is 0.658. The third-order valence-electron chi connectivity index (χ3n) is 2.83. The zero-order chi connectivity index (χ0) is 14.5. The van der Waals surface area contributed by atoms with Gasteiger partial charge in [0.1, 0.15) is 17.3 Å². The van der Waals surface area contributed by atoms with Gasteiger partial charge in [0.15, 0.2) is 0 Å². The molecule has 0 fully saturated rings. The van der Waals surface area contributed by atoms with E-state index in [1.165, 1.54) is 11.0 Å². The molecule has 0 saturated carbocycles. The standard InChI is InChI=1S/C14H15FN4O/c1-19(9-10-5-2-3-6-11(10)15)14(20)12-7-4-8-13(17-12)18-16/h2-8H,9,16H2,1H3,(H,17,18). The second-order valence-electron chi connectivity index (χ2n) is 4.31. The number of anilines is 1. The smallest absolute Gasteiger partial charge is 0.272 e. The molecule has 20 heavy (non-hydrogen) atoms. The number of amides is 1. The van der Waals surface area contributed by atoms with Crippen LogP contribution < -0.4 is 11.3 Å². The van der Waals surface area contributed by atoms with Crippen LogP contribution in [0.3, 0.4) is 0 Å². The minimum atomic E-state index is -0.336. The molecule has 1 amide bonds. The van der Waals surface area contributed by atoms with E-state index in [4.69, 9.17) is 5.84 Å². The minimum absolute atomic E-state index is 0.174. The van der Waals surface area contributed by atoms with Crippen LogP contribution in [-0.4, -0.2) is 22.8 Å². The molecule has 0 aliphatic heterocycles. The Kier molecular flexibility index (Phi) is 4.27. The molecular weight excluding hydrogens is 259 g/mol. The summed E-state index contributed by atoms with van der Waals surface area (Å²) < 4.78 is 13.6. The zero-order valence-corrected chi connectivity index (χ0v) is 11.0. The number of nitrogens with one attached hydrogen (secondary N) is 1. The maximum absolute atomic E-state index is 13.6. The summed E-state index contributed by atoms with van der Waals surface area (Å²) in [6.07, 6.45) is 0. The number of nitrogens with two attached hydrogens (primary N) is 1. The van der Waals surface area contributed by atoms with Crippen LogP contribution in [0.25, 0.3) is 0 Å². The molecule has 2 aromatic rings. The van der Waals surface area contributed by atoms with Crippen molar-refractivity contribution in [3.05, 3.63) is 59.5 Å². The Hall–Kier alpha value is -2.47. The highest BCUT2D eigenvalue weighted by atomic mass is 19.1. The first-order valence-corrected chi connectivity index (χ1v) is 6.04. The number of rotatable bonds is 4. The van der Waals surface area contributed by atoms with E-state index in [1.807, 2.05) is 0 Å². The van der Waals surface area contributed by atoms with Gasteiger partial charge >= 0.3 is 0 Å². The van der Waals surface area contributed by atoms with Crippen molar-refractivity contribution >= 4 is 11.7 Å². The Bertz CT molecular complexity index is 618. The van der Waals surface area contributed by atoms with Gasteiger partial charge in [0, 0.05) is 19.2 Å². The van der Waals surface area contributed by atoms with E-state index in [-0.39, 0.29) is 24.0 Å². The summed E-state index contributed by atoms with van der Waals surface area (Å²) in [6, 6.07) is 11.3. The van der Waals surface area contributed by atoms with Gasteiger partial charge in [-0.15, -0.1) is 0 Å². The van der Waals surface area contributed by atoms with Gasteiger partial charge in [-0.25, -0.2) is 15.2 Å². The van der Waals surface area contributed by atoms with Crippen LogP contribution in [0.4, 0.5) is 10.2 Å². The predicted molar refractivity (Wildman–Crippen MR) is 74.2 cm³/mol. The maximum atomic E-state index is 13.6. The fourth-order valence-electron chi connectivity index (χ4n) is 1.78. The fourth-order valence-corrected chi connectivity index (χ4v) is 1.78. The summed E-state index contributed by atoms with van der Waals surface area (Å²) in [5.74, 6) is 5.01. The van der Waals surface area contributed by atoms with Gasteiger partial charge in [-0.3, -0.25) is 4.79 Å². The molecule has 0 bridgehead atoms. The third kappa shape index (κ3) is 3.10. The number of carbonyl (C=O) groups excluding carboxylic acids is 1. The number of hydrogen-bond donors (Lipinski definition) is 2. The Morgan fingerprint density at radius 2 is 2.05 bits per heavy atom. The maximum Gasteiger partial charge on any atom is 0.272 e. The van der Waals surface area contributed by atoms with Crippen molar-refractivity contribution in [2.24, 2.45) is 5.84 Å². The summed E-state index contributed by atoms with van der Waals surface area (Å²) in [7, 11) is 1.60. The van der Waals surface area contributed by atoms with E-state index in [1.54, 1.807) is 43.4 Å². The van der Waals surface area contributed by atoms with Crippen LogP contribution in [0, 0.1) is 5.82 Å². The van der Waals surface area contributed by atoms with Crippen LogP contribution in [0.1, 0.15) is 16.1 Å². The Morgan fingerprint density at radius 1 is 1.30 bits per heavy atom. The van der Waals surface area contributed by atoms with E-state index in [0.717, 1.165) is 0 Å². The highest BCUT2D eigenvalue weighted by Crippen LogP contribution is 2.11.